The van der Waals surface area contributed by atoms with Crippen LogP contribution >= 0.6 is 11.8 Å². The molecule has 5 heteroatoms. The van der Waals surface area contributed by atoms with Crippen LogP contribution in [-0.2, 0) is 0 Å². The van der Waals surface area contributed by atoms with E-state index in [9.17, 15) is 0 Å². The van der Waals surface area contributed by atoms with Gasteiger partial charge in [-0.05, 0) is 39.5 Å². The average Bonchev–Trinajstić information content (AvgIpc) is 2.02. The highest BCUT2D eigenvalue weighted by molar-refractivity contribution is 8.04. The predicted molar refractivity (Wildman–Crippen MR) is 51.8 cm³/mol. The van der Waals surface area contributed by atoms with Crippen molar-refractivity contribution < 1.29 is 0 Å². The first-order valence-corrected chi connectivity index (χ1v) is 4.57. The van der Waals surface area contributed by atoms with Crippen LogP contribution in [0.15, 0.2) is 10.2 Å². The molecule has 0 aliphatic rings. The Balaban J connectivity index is 4.46. The summed E-state index contributed by atoms with van der Waals surface area (Å²) in [5.74, 6) is 0. The molecule has 0 saturated heterocycles. The van der Waals surface area contributed by atoms with Crippen molar-refractivity contribution in [2.24, 2.45) is 10.2 Å². The lowest BCUT2D eigenvalue weighted by Gasteiger charge is -2.14. The minimum Gasteiger partial charge on any atom is -0.196 e. The van der Waals surface area contributed by atoms with Crippen molar-refractivity contribution in [1.29, 1.82) is 10.5 Å². The summed E-state index contributed by atoms with van der Waals surface area (Å²) in [4.78, 5) is -0.580. The largest absolute Gasteiger partial charge is 0.196 e. The van der Waals surface area contributed by atoms with E-state index in [4.69, 9.17) is 10.5 Å². The molecule has 0 aliphatic carbocycles. The number of hydrogen-bond acceptors (Lipinski definition) is 5. The van der Waals surface area contributed by atoms with Crippen LogP contribution in [-0.4, -0.2) is 10.4 Å². The van der Waals surface area contributed by atoms with E-state index in [0.717, 1.165) is 11.8 Å². The fourth-order valence-electron chi connectivity index (χ4n) is 0.400. The predicted octanol–water partition coefficient (Wildman–Crippen LogP) is 2.69. The van der Waals surface area contributed by atoms with Gasteiger partial charge in [-0.2, -0.15) is 20.8 Å². The zero-order valence-electron chi connectivity index (χ0n) is 8.20. The van der Waals surface area contributed by atoms with Crippen LogP contribution < -0.4 is 0 Å². The van der Waals surface area contributed by atoms with Gasteiger partial charge in [0.25, 0.3) is 0 Å². The van der Waals surface area contributed by atoms with Gasteiger partial charge in [-0.15, -0.1) is 0 Å². The quantitative estimate of drug-likeness (QED) is 0.514. The highest BCUT2D eigenvalue weighted by Gasteiger charge is 2.21. The van der Waals surface area contributed by atoms with Crippen LogP contribution in [0.25, 0.3) is 0 Å². The van der Waals surface area contributed by atoms with Gasteiger partial charge < -0.3 is 0 Å². The molecular formula is C8H12N4S. The van der Waals surface area contributed by atoms with Crippen LogP contribution in [0.4, 0.5) is 0 Å². The van der Waals surface area contributed by atoms with Crippen LogP contribution in [0, 0.1) is 22.0 Å². The number of azo groups is 1. The number of nitriles is 2. The number of thiocyanates is 1. The molecule has 0 rings (SSSR count). The normalized spacial score (nSPS) is 12.5. The second-order valence-corrected chi connectivity index (χ2v) is 4.90. The number of hydrogen-bond donors (Lipinski definition) is 0. The summed E-state index contributed by atoms with van der Waals surface area (Å²) >= 11 is 1.02. The van der Waals surface area contributed by atoms with Crippen LogP contribution in [0.2, 0.25) is 0 Å². The molecule has 0 unspecified atom stereocenters. The molecule has 0 atom stereocenters. The van der Waals surface area contributed by atoms with Gasteiger partial charge in [0.1, 0.15) is 10.3 Å². The van der Waals surface area contributed by atoms with Gasteiger partial charge in [-0.1, -0.05) is 0 Å². The van der Waals surface area contributed by atoms with E-state index in [-0.39, 0.29) is 0 Å². The zero-order chi connectivity index (χ0) is 10.5. The third-order valence-corrected chi connectivity index (χ3v) is 1.78. The van der Waals surface area contributed by atoms with Gasteiger partial charge in [-0.25, -0.2) is 0 Å². The molecule has 0 saturated carbocycles. The van der Waals surface area contributed by atoms with E-state index in [1.807, 2.05) is 11.5 Å². The minimum atomic E-state index is -0.812. The smallest absolute Gasteiger partial charge is 0.162 e. The number of nitrogens with zero attached hydrogens (tertiary/aromatic N) is 4. The standard InChI is InChI=1S/C8H12N4S/c1-7(2,5-9)11-12-8(3,4)13-6-10/h1-4H3. The molecular weight excluding hydrogens is 184 g/mol. The van der Waals surface area contributed by atoms with E-state index in [0.29, 0.717) is 0 Å². The number of thioether (sulfide) groups is 1. The topological polar surface area (TPSA) is 72.3 Å². The molecule has 4 nitrogen and oxygen atoms in total. The van der Waals surface area contributed by atoms with E-state index in [1.54, 1.807) is 27.7 Å². The Kier molecular flexibility index (Phi) is 3.90. The van der Waals surface area contributed by atoms with Gasteiger partial charge in [0.2, 0.25) is 0 Å². The van der Waals surface area contributed by atoms with Crippen LogP contribution in [0.3, 0.4) is 0 Å². The third-order valence-electron chi connectivity index (χ3n) is 1.11. The summed E-state index contributed by atoms with van der Waals surface area (Å²) in [7, 11) is 0. The second kappa shape index (κ2) is 4.25. The lowest BCUT2D eigenvalue weighted by atomic mass is 10.1. The molecule has 13 heavy (non-hydrogen) atoms. The highest BCUT2D eigenvalue weighted by Crippen LogP contribution is 2.26. The molecule has 70 valence electrons. The first-order valence-electron chi connectivity index (χ1n) is 3.75. The molecule has 0 bridgehead atoms. The molecule has 0 aromatic carbocycles. The maximum Gasteiger partial charge on any atom is 0.162 e. The van der Waals surface area contributed by atoms with Crippen molar-refractivity contribution in [2.75, 3.05) is 0 Å². The molecule has 0 spiro atoms. The molecule has 0 N–H and O–H groups in total. The average molecular weight is 196 g/mol. The van der Waals surface area contributed by atoms with E-state index in [1.165, 1.54) is 0 Å². The zero-order valence-corrected chi connectivity index (χ0v) is 9.01. The molecule has 0 amide bonds. The Labute approximate surface area is 82.6 Å². The Bertz CT molecular complexity index is 279. The minimum absolute atomic E-state index is 0.580. The maximum absolute atomic E-state index is 8.65. The van der Waals surface area contributed by atoms with Crippen molar-refractivity contribution in [3.05, 3.63) is 0 Å². The Hall–Kier alpha value is -1.07. The van der Waals surface area contributed by atoms with Crippen molar-refractivity contribution in [3.8, 4) is 11.5 Å². The second-order valence-electron chi connectivity index (χ2n) is 3.51. The van der Waals surface area contributed by atoms with E-state index in [2.05, 4.69) is 10.2 Å². The summed E-state index contributed by atoms with van der Waals surface area (Å²) in [6, 6.07) is 2.00. The summed E-state index contributed by atoms with van der Waals surface area (Å²) in [6.07, 6.45) is 0. The molecule has 0 aromatic rings. The van der Waals surface area contributed by atoms with Crippen LogP contribution in [0.1, 0.15) is 27.7 Å². The summed E-state index contributed by atoms with van der Waals surface area (Å²) in [5.41, 5.74) is -0.812. The molecule has 0 heterocycles. The van der Waals surface area contributed by atoms with Gasteiger partial charge in [0.05, 0.1) is 6.07 Å². The fraction of sp³-hybridized carbons (Fsp3) is 0.750. The lowest BCUT2D eigenvalue weighted by Crippen LogP contribution is -2.16. The summed E-state index contributed by atoms with van der Waals surface area (Å²) in [6.45, 7) is 6.89. The Morgan fingerprint density at radius 3 is 2.00 bits per heavy atom. The third kappa shape index (κ3) is 5.21. The lowest BCUT2D eigenvalue weighted by molar-refractivity contribution is 0.572. The summed E-state index contributed by atoms with van der Waals surface area (Å²) in [5, 5.41) is 26.8. The van der Waals surface area contributed by atoms with Gasteiger partial charge in [0, 0.05) is 0 Å². The molecule has 0 aromatic heterocycles. The Morgan fingerprint density at radius 2 is 1.62 bits per heavy atom. The van der Waals surface area contributed by atoms with Crippen molar-refractivity contribution in [2.45, 2.75) is 38.1 Å². The SMILES string of the molecule is CC(C)(C#N)N=NC(C)(C)SC#N. The van der Waals surface area contributed by atoms with E-state index < -0.39 is 10.4 Å². The van der Waals surface area contributed by atoms with Crippen molar-refractivity contribution in [1.82, 2.24) is 0 Å². The molecule has 0 aliphatic heterocycles. The number of rotatable bonds is 3. The first-order chi connectivity index (χ1) is 5.83. The van der Waals surface area contributed by atoms with E-state index >= 15 is 0 Å². The van der Waals surface area contributed by atoms with Crippen molar-refractivity contribution >= 4 is 11.8 Å². The van der Waals surface area contributed by atoms with Crippen molar-refractivity contribution in [3.63, 3.8) is 0 Å². The van der Waals surface area contributed by atoms with Gasteiger partial charge >= 0.3 is 0 Å². The fourth-order valence-corrected chi connectivity index (χ4v) is 0.705. The maximum atomic E-state index is 8.65. The highest BCUT2D eigenvalue weighted by atomic mass is 32.2. The first kappa shape index (κ1) is 11.9. The Morgan fingerprint density at radius 1 is 1.08 bits per heavy atom. The van der Waals surface area contributed by atoms with Gasteiger partial charge in [0.15, 0.2) is 5.54 Å². The van der Waals surface area contributed by atoms with Gasteiger partial charge in [-0.3, -0.25) is 0 Å². The monoisotopic (exact) mass is 196 g/mol. The molecule has 0 radical (unpaired) electrons. The summed E-state index contributed by atoms with van der Waals surface area (Å²) < 4.78 is 0. The van der Waals surface area contributed by atoms with Crippen LogP contribution in [0.5, 0.6) is 0 Å². The molecule has 0 fully saturated rings.